The number of nitrogens with zero attached hydrogens (tertiary/aromatic N) is 1. The van der Waals surface area contributed by atoms with Crippen molar-refractivity contribution in [2.24, 2.45) is 5.41 Å². The maximum absolute atomic E-state index is 12.4. The predicted octanol–water partition coefficient (Wildman–Crippen LogP) is 2.25. The van der Waals surface area contributed by atoms with Gasteiger partial charge in [-0.2, -0.15) is 0 Å². The molecule has 0 saturated carbocycles. The van der Waals surface area contributed by atoms with Crippen LogP contribution in [-0.2, 0) is 14.4 Å². The third-order valence-corrected chi connectivity index (χ3v) is 3.90. The average Bonchev–Trinajstić information content (AvgIpc) is 2.49. The fourth-order valence-corrected chi connectivity index (χ4v) is 2.29. The van der Waals surface area contributed by atoms with Gasteiger partial charge in [0.1, 0.15) is 6.04 Å². The summed E-state index contributed by atoms with van der Waals surface area (Å²) in [5.41, 5.74) is 2.12. The van der Waals surface area contributed by atoms with Crippen LogP contribution in [0.25, 0.3) is 0 Å². The molecule has 1 aromatic rings. The summed E-state index contributed by atoms with van der Waals surface area (Å²) in [5.74, 6) is -0.793. The molecule has 6 nitrogen and oxygen atoms in total. The minimum atomic E-state index is -0.690. The van der Waals surface area contributed by atoms with Crippen LogP contribution >= 0.6 is 0 Å². The standard InChI is InChI=1S/C19H29N3O3/c1-12-9-8-10-13(2)16(12)21-15(23)11-22(7)17(24)14(3)20-18(25)19(4,5)6/h8-10,14H,11H2,1-7H3,(H,20,25)(H,21,23). The second kappa shape index (κ2) is 8.14. The molecule has 6 heteroatoms. The monoisotopic (exact) mass is 347 g/mol. The summed E-state index contributed by atoms with van der Waals surface area (Å²) in [7, 11) is 1.55. The van der Waals surface area contributed by atoms with Gasteiger partial charge in [0, 0.05) is 18.2 Å². The van der Waals surface area contributed by atoms with E-state index in [-0.39, 0.29) is 24.3 Å². The van der Waals surface area contributed by atoms with Gasteiger partial charge in [0.05, 0.1) is 6.54 Å². The van der Waals surface area contributed by atoms with Crippen molar-refractivity contribution in [2.75, 3.05) is 18.9 Å². The quantitative estimate of drug-likeness (QED) is 0.857. The van der Waals surface area contributed by atoms with Crippen LogP contribution in [0.5, 0.6) is 0 Å². The summed E-state index contributed by atoms with van der Waals surface area (Å²) in [4.78, 5) is 37.9. The molecule has 2 N–H and O–H groups in total. The summed E-state index contributed by atoms with van der Waals surface area (Å²) in [5, 5.41) is 5.53. The highest BCUT2D eigenvalue weighted by Gasteiger charge is 2.27. The van der Waals surface area contributed by atoms with Gasteiger partial charge in [0.15, 0.2) is 0 Å². The van der Waals surface area contributed by atoms with Crippen molar-refractivity contribution < 1.29 is 14.4 Å². The molecule has 0 aliphatic rings. The van der Waals surface area contributed by atoms with E-state index in [1.165, 1.54) is 4.90 Å². The number of anilines is 1. The maximum Gasteiger partial charge on any atom is 0.245 e. The van der Waals surface area contributed by atoms with E-state index in [0.29, 0.717) is 0 Å². The van der Waals surface area contributed by atoms with Gasteiger partial charge in [-0.25, -0.2) is 0 Å². The van der Waals surface area contributed by atoms with E-state index in [4.69, 9.17) is 0 Å². The molecule has 0 saturated heterocycles. The molecule has 138 valence electrons. The van der Waals surface area contributed by atoms with E-state index in [2.05, 4.69) is 10.6 Å². The fourth-order valence-electron chi connectivity index (χ4n) is 2.29. The van der Waals surface area contributed by atoms with E-state index in [1.54, 1.807) is 34.7 Å². The number of benzene rings is 1. The number of carbonyl (C=O) groups is 3. The van der Waals surface area contributed by atoms with Crippen LogP contribution in [0, 0.1) is 19.3 Å². The van der Waals surface area contributed by atoms with Crippen LogP contribution in [-0.4, -0.2) is 42.3 Å². The largest absolute Gasteiger partial charge is 0.344 e. The van der Waals surface area contributed by atoms with Crippen molar-refractivity contribution >= 4 is 23.4 Å². The number of hydrogen-bond acceptors (Lipinski definition) is 3. The Balaban J connectivity index is 2.65. The van der Waals surface area contributed by atoms with Crippen LogP contribution in [0.15, 0.2) is 18.2 Å². The van der Waals surface area contributed by atoms with Crippen molar-refractivity contribution in [3.8, 4) is 0 Å². The number of hydrogen-bond donors (Lipinski definition) is 2. The van der Waals surface area contributed by atoms with Gasteiger partial charge in [-0.05, 0) is 31.9 Å². The van der Waals surface area contributed by atoms with Gasteiger partial charge in [-0.1, -0.05) is 39.0 Å². The highest BCUT2D eigenvalue weighted by molar-refractivity contribution is 5.97. The predicted molar refractivity (Wildman–Crippen MR) is 99.2 cm³/mol. The van der Waals surface area contributed by atoms with E-state index >= 15 is 0 Å². The Labute approximate surface area is 150 Å². The minimum Gasteiger partial charge on any atom is -0.344 e. The van der Waals surface area contributed by atoms with E-state index in [1.807, 2.05) is 32.0 Å². The first-order chi connectivity index (χ1) is 11.4. The van der Waals surface area contributed by atoms with Crippen LogP contribution in [0.4, 0.5) is 5.69 Å². The molecular formula is C19H29N3O3. The zero-order valence-electron chi connectivity index (χ0n) is 16.2. The fraction of sp³-hybridized carbons (Fsp3) is 0.526. The van der Waals surface area contributed by atoms with E-state index in [0.717, 1.165) is 16.8 Å². The molecule has 25 heavy (non-hydrogen) atoms. The smallest absolute Gasteiger partial charge is 0.245 e. The van der Waals surface area contributed by atoms with Crippen LogP contribution in [0.1, 0.15) is 38.8 Å². The van der Waals surface area contributed by atoms with Crippen LogP contribution in [0.2, 0.25) is 0 Å². The molecule has 0 aromatic heterocycles. The third-order valence-electron chi connectivity index (χ3n) is 3.90. The summed E-state index contributed by atoms with van der Waals surface area (Å²) in [6, 6.07) is 5.07. The number of nitrogens with one attached hydrogen (secondary N) is 2. The number of rotatable bonds is 5. The number of amides is 3. The molecule has 0 heterocycles. The number of likely N-dealkylation sites (N-methyl/N-ethyl adjacent to an activating group) is 1. The van der Waals surface area contributed by atoms with Crippen molar-refractivity contribution in [1.29, 1.82) is 0 Å². The van der Waals surface area contributed by atoms with Crippen LogP contribution < -0.4 is 10.6 Å². The zero-order valence-corrected chi connectivity index (χ0v) is 16.2. The Morgan fingerprint density at radius 1 is 1.12 bits per heavy atom. The SMILES string of the molecule is Cc1cccc(C)c1NC(=O)CN(C)C(=O)C(C)NC(=O)C(C)(C)C. The molecule has 0 bridgehead atoms. The highest BCUT2D eigenvalue weighted by Crippen LogP contribution is 2.19. The summed E-state index contributed by atoms with van der Waals surface area (Å²) >= 11 is 0. The molecule has 1 aromatic carbocycles. The van der Waals surface area contributed by atoms with Crippen molar-refractivity contribution in [3.63, 3.8) is 0 Å². The summed E-state index contributed by atoms with van der Waals surface area (Å²) in [6.45, 7) is 10.7. The molecule has 3 amide bonds. The van der Waals surface area contributed by atoms with E-state index < -0.39 is 11.5 Å². The lowest BCUT2D eigenvalue weighted by molar-refractivity contribution is -0.138. The van der Waals surface area contributed by atoms with Gasteiger partial charge < -0.3 is 15.5 Å². The second-order valence-electron chi connectivity index (χ2n) is 7.45. The molecule has 0 aliphatic heterocycles. The van der Waals surface area contributed by atoms with Gasteiger partial charge >= 0.3 is 0 Å². The molecular weight excluding hydrogens is 318 g/mol. The molecule has 0 spiro atoms. The van der Waals surface area contributed by atoms with E-state index in [9.17, 15) is 14.4 Å². The lowest BCUT2D eigenvalue weighted by Crippen LogP contribution is -2.50. The molecule has 1 unspecified atom stereocenters. The highest BCUT2D eigenvalue weighted by atomic mass is 16.2. The number of carbonyl (C=O) groups excluding carboxylic acids is 3. The first kappa shape index (κ1) is 20.7. The minimum absolute atomic E-state index is 0.0810. The molecule has 0 radical (unpaired) electrons. The van der Waals surface area contributed by atoms with Gasteiger partial charge in [0.25, 0.3) is 0 Å². The Morgan fingerprint density at radius 2 is 1.64 bits per heavy atom. The molecule has 1 atom stereocenters. The average molecular weight is 347 g/mol. The van der Waals surface area contributed by atoms with Gasteiger partial charge in [-0.3, -0.25) is 14.4 Å². The third kappa shape index (κ3) is 5.89. The summed E-state index contributed by atoms with van der Waals surface area (Å²) in [6.07, 6.45) is 0. The Kier molecular flexibility index (Phi) is 6.73. The van der Waals surface area contributed by atoms with Crippen molar-refractivity contribution in [3.05, 3.63) is 29.3 Å². The lowest BCUT2D eigenvalue weighted by atomic mass is 9.95. The Hall–Kier alpha value is -2.37. The first-order valence-corrected chi connectivity index (χ1v) is 8.35. The topological polar surface area (TPSA) is 78.5 Å². The summed E-state index contributed by atoms with van der Waals surface area (Å²) < 4.78 is 0. The number of aryl methyl sites for hydroxylation is 2. The Bertz CT molecular complexity index is 642. The Morgan fingerprint density at radius 3 is 2.12 bits per heavy atom. The van der Waals surface area contributed by atoms with Crippen molar-refractivity contribution in [1.82, 2.24) is 10.2 Å². The normalized spacial score (nSPS) is 12.3. The molecule has 1 rings (SSSR count). The van der Waals surface area contributed by atoms with Crippen LogP contribution in [0.3, 0.4) is 0 Å². The lowest BCUT2D eigenvalue weighted by Gasteiger charge is -2.25. The first-order valence-electron chi connectivity index (χ1n) is 8.35. The van der Waals surface area contributed by atoms with Crippen molar-refractivity contribution in [2.45, 2.75) is 47.6 Å². The van der Waals surface area contributed by atoms with Gasteiger partial charge in [-0.15, -0.1) is 0 Å². The number of para-hydroxylation sites is 1. The maximum atomic E-state index is 12.4. The molecule has 0 aliphatic carbocycles. The second-order valence-corrected chi connectivity index (χ2v) is 7.45. The zero-order chi connectivity index (χ0) is 19.4. The van der Waals surface area contributed by atoms with Gasteiger partial charge in [0.2, 0.25) is 17.7 Å². The molecule has 0 fully saturated rings.